The number of ether oxygens (including phenoxy) is 2. The Morgan fingerprint density at radius 1 is 1.22 bits per heavy atom. The van der Waals surface area contributed by atoms with Crippen molar-refractivity contribution < 1.29 is 14.6 Å². The summed E-state index contributed by atoms with van der Waals surface area (Å²) in [6.45, 7) is 5.28. The number of nitrogens with zero attached hydrogens (tertiary/aromatic N) is 1. The van der Waals surface area contributed by atoms with E-state index in [1.165, 1.54) is 12.0 Å². The lowest BCUT2D eigenvalue weighted by atomic mass is 10.2. The first-order valence-electron chi connectivity index (χ1n) is 6.55. The fourth-order valence-corrected chi connectivity index (χ4v) is 2.09. The van der Waals surface area contributed by atoms with Crippen LogP contribution >= 0.6 is 0 Å². The highest BCUT2D eigenvalue weighted by Crippen LogP contribution is 2.32. The van der Waals surface area contributed by atoms with E-state index in [-0.39, 0.29) is 6.61 Å². The lowest BCUT2D eigenvalue weighted by molar-refractivity contribution is 0.173. The van der Waals surface area contributed by atoms with Crippen molar-refractivity contribution in [3.63, 3.8) is 0 Å². The van der Waals surface area contributed by atoms with Gasteiger partial charge in [-0.1, -0.05) is 19.4 Å². The molecule has 1 aliphatic heterocycles. The van der Waals surface area contributed by atoms with Gasteiger partial charge < -0.3 is 14.6 Å². The average Bonchev–Trinajstić information content (AvgIpc) is 2.83. The first-order valence-corrected chi connectivity index (χ1v) is 6.55. The molecular weight excluding hydrogens is 230 g/mol. The number of aliphatic hydroxyl groups excluding tert-OH is 1. The van der Waals surface area contributed by atoms with Crippen LogP contribution in [0.4, 0.5) is 0 Å². The fraction of sp³-hybridized carbons (Fsp3) is 0.571. The summed E-state index contributed by atoms with van der Waals surface area (Å²) in [5.41, 5.74) is 1.20. The molecule has 0 saturated heterocycles. The lowest BCUT2D eigenvalue weighted by Crippen LogP contribution is -2.27. The van der Waals surface area contributed by atoms with Crippen LogP contribution in [0.3, 0.4) is 0 Å². The van der Waals surface area contributed by atoms with Crippen molar-refractivity contribution in [3.05, 3.63) is 23.8 Å². The van der Waals surface area contributed by atoms with Gasteiger partial charge in [0, 0.05) is 13.1 Å². The van der Waals surface area contributed by atoms with E-state index in [1.54, 1.807) is 0 Å². The van der Waals surface area contributed by atoms with Crippen molar-refractivity contribution in [2.24, 2.45) is 0 Å². The molecular formula is C14H21NO3. The monoisotopic (exact) mass is 251 g/mol. The van der Waals surface area contributed by atoms with Gasteiger partial charge in [0.25, 0.3) is 0 Å². The molecule has 0 spiro atoms. The Labute approximate surface area is 108 Å². The number of fused-ring (bicyclic) bond motifs is 1. The fourth-order valence-electron chi connectivity index (χ4n) is 2.09. The van der Waals surface area contributed by atoms with E-state index >= 15 is 0 Å². The molecule has 0 radical (unpaired) electrons. The van der Waals surface area contributed by atoms with Crippen molar-refractivity contribution in [1.82, 2.24) is 4.90 Å². The first kappa shape index (κ1) is 13.2. The van der Waals surface area contributed by atoms with E-state index in [0.717, 1.165) is 31.0 Å². The summed E-state index contributed by atoms with van der Waals surface area (Å²) in [7, 11) is 0. The molecule has 100 valence electrons. The SMILES string of the molecule is CCCCN(CCO)Cc1ccc2c(c1)OCO2. The van der Waals surface area contributed by atoms with E-state index in [1.807, 2.05) is 12.1 Å². The van der Waals surface area contributed by atoms with Crippen molar-refractivity contribution >= 4 is 0 Å². The summed E-state index contributed by atoms with van der Waals surface area (Å²) in [4.78, 5) is 2.26. The van der Waals surface area contributed by atoms with Gasteiger partial charge in [0.1, 0.15) is 0 Å². The topological polar surface area (TPSA) is 41.9 Å². The maximum Gasteiger partial charge on any atom is 0.231 e. The molecule has 4 nitrogen and oxygen atoms in total. The number of hydrogen-bond acceptors (Lipinski definition) is 4. The van der Waals surface area contributed by atoms with Gasteiger partial charge in [0.2, 0.25) is 6.79 Å². The van der Waals surface area contributed by atoms with Crippen molar-refractivity contribution in [2.75, 3.05) is 26.5 Å². The van der Waals surface area contributed by atoms with Gasteiger partial charge >= 0.3 is 0 Å². The second kappa shape index (κ2) is 6.61. The molecule has 0 saturated carbocycles. The van der Waals surface area contributed by atoms with E-state index in [4.69, 9.17) is 14.6 Å². The summed E-state index contributed by atoms with van der Waals surface area (Å²) in [5, 5.41) is 9.08. The number of unbranched alkanes of at least 4 members (excludes halogenated alkanes) is 1. The van der Waals surface area contributed by atoms with E-state index < -0.39 is 0 Å². The number of benzene rings is 1. The molecule has 1 aromatic rings. The Morgan fingerprint density at radius 2 is 2.06 bits per heavy atom. The average molecular weight is 251 g/mol. The minimum Gasteiger partial charge on any atom is -0.454 e. The molecule has 1 aromatic carbocycles. The predicted octanol–water partition coefficient (Wildman–Crippen LogP) is 2.01. The molecule has 18 heavy (non-hydrogen) atoms. The normalized spacial score (nSPS) is 13.3. The Bertz CT molecular complexity index is 381. The maximum absolute atomic E-state index is 9.08. The summed E-state index contributed by atoms with van der Waals surface area (Å²) >= 11 is 0. The lowest BCUT2D eigenvalue weighted by Gasteiger charge is -2.21. The molecule has 4 heteroatoms. The number of aliphatic hydroxyl groups is 1. The highest BCUT2D eigenvalue weighted by atomic mass is 16.7. The molecule has 0 aliphatic carbocycles. The minimum absolute atomic E-state index is 0.203. The van der Waals surface area contributed by atoms with Gasteiger partial charge in [-0.25, -0.2) is 0 Å². The maximum atomic E-state index is 9.08. The van der Waals surface area contributed by atoms with Gasteiger partial charge in [-0.15, -0.1) is 0 Å². The van der Waals surface area contributed by atoms with E-state index in [2.05, 4.69) is 17.9 Å². The Hall–Kier alpha value is -1.26. The van der Waals surface area contributed by atoms with Crippen LogP contribution in [0.15, 0.2) is 18.2 Å². The van der Waals surface area contributed by atoms with Gasteiger partial charge in [-0.2, -0.15) is 0 Å². The third kappa shape index (κ3) is 3.37. The Morgan fingerprint density at radius 3 is 2.83 bits per heavy atom. The van der Waals surface area contributed by atoms with Crippen molar-refractivity contribution in [3.8, 4) is 11.5 Å². The largest absolute Gasteiger partial charge is 0.454 e. The van der Waals surface area contributed by atoms with Crippen LogP contribution in [0.2, 0.25) is 0 Å². The third-order valence-electron chi connectivity index (χ3n) is 3.09. The van der Waals surface area contributed by atoms with Crippen LogP contribution < -0.4 is 9.47 Å². The standard InChI is InChI=1S/C14H21NO3/c1-2-3-6-15(7-8-16)10-12-4-5-13-14(9-12)18-11-17-13/h4-5,9,16H,2-3,6-8,10-11H2,1H3. The Kier molecular flexibility index (Phi) is 4.84. The van der Waals surface area contributed by atoms with Crippen LogP contribution in [0, 0.1) is 0 Å². The summed E-state index contributed by atoms with van der Waals surface area (Å²) < 4.78 is 10.7. The Balaban J connectivity index is 1.97. The van der Waals surface area contributed by atoms with Crippen LogP contribution in [-0.2, 0) is 6.54 Å². The van der Waals surface area contributed by atoms with Crippen LogP contribution in [-0.4, -0.2) is 36.5 Å². The molecule has 0 amide bonds. The van der Waals surface area contributed by atoms with E-state index in [9.17, 15) is 0 Å². The molecule has 1 N–H and O–H groups in total. The van der Waals surface area contributed by atoms with Crippen LogP contribution in [0.1, 0.15) is 25.3 Å². The number of rotatable bonds is 7. The smallest absolute Gasteiger partial charge is 0.231 e. The van der Waals surface area contributed by atoms with Crippen LogP contribution in [0.5, 0.6) is 11.5 Å². The highest BCUT2D eigenvalue weighted by molar-refractivity contribution is 5.44. The summed E-state index contributed by atoms with van der Waals surface area (Å²) in [6.07, 6.45) is 2.33. The van der Waals surface area contributed by atoms with Gasteiger partial charge in [-0.3, -0.25) is 4.90 Å². The van der Waals surface area contributed by atoms with Gasteiger partial charge in [0.05, 0.1) is 6.61 Å². The zero-order valence-corrected chi connectivity index (χ0v) is 10.9. The summed E-state index contributed by atoms with van der Waals surface area (Å²) in [5.74, 6) is 1.65. The zero-order valence-electron chi connectivity index (χ0n) is 10.9. The van der Waals surface area contributed by atoms with Gasteiger partial charge in [0.15, 0.2) is 11.5 Å². The molecule has 0 bridgehead atoms. The minimum atomic E-state index is 0.203. The molecule has 2 rings (SSSR count). The van der Waals surface area contributed by atoms with Crippen LogP contribution in [0.25, 0.3) is 0 Å². The molecule has 1 aliphatic rings. The molecule has 0 fully saturated rings. The zero-order chi connectivity index (χ0) is 12.8. The van der Waals surface area contributed by atoms with Crippen molar-refractivity contribution in [1.29, 1.82) is 0 Å². The third-order valence-corrected chi connectivity index (χ3v) is 3.09. The second-order valence-electron chi connectivity index (χ2n) is 4.54. The highest BCUT2D eigenvalue weighted by Gasteiger charge is 2.14. The molecule has 0 atom stereocenters. The van der Waals surface area contributed by atoms with Crippen molar-refractivity contribution in [2.45, 2.75) is 26.3 Å². The van der Waals surface area contributed by atoms with Gasteiger partial charge in [-0.05, 0) is 30.7 Å². The summed E-state index contributed by atoms with van der Waals surface area (Å²) in [6, 6.07) is 6.04. The second-order valence-corrected chi connectivity index (χ2v) is 4.54. The molecule has 0 unspecified atom stereocenters. The number of hydrogen-bond donors (Lipinski definition) is 1. The quantitative estimate of drug-likeness (QED) is 0.805. The molecule has 1 heterocycles. The molecule has 0 aromatic heterocycles. The van der Waals surface area contributed by atoms with E-state index in [0.29, 0.717) is 13.3 Å². The first-order chi connectivity index (χ1) is 8.83. The predicted molar refractivity (Wildman–Crippen MR) is 69.8 cm³/mol.